The van der Waals surface area contributed by atoms with E-state index in [9.17, 15) is 20.4 Å². The molecule has 5 atom stereocenters. The third-order valence-corrected chi connectivity index (χ3v) is 5.78. The van der Waals surface area contributed by atoms with E-state index in [1.165, 1.54) is 0 Å². The third-order valence-electron chi connectivity index (χ3n) is 5.41. The van der Waals surface area contributed by atoms with E-state index in [1.54, 1.807) is 18.2 Å². The predicted molar refractivity (Wildman–Crippen MR) is 108 cm³/mol. The molecule has 2 aromatic carbocycles. The molecule has 1 aliphatic carbocycles. The van der Waals surface area contributed by atoms with Gasteiger partial charge >= 0.3 is 0 Å². The predicted octanol–water partition coefficient (Wildman–Crippen LogP) is 1.92. The van der Waals surface area contributed by atoms with E-state index in [-0.39, 0.29) is 6.10 Å². The molecule has 1 saturated carbocycles. The Bertz CT molecular complexity index is 853. The molecule has 4 rings (SSSR count). The zero-order valence-corrected chi connectivity index (χ0v) is 17.0. The summed E-state index contributed by atoms with van der Waals surface area (Å²) in [4.78, 5) is 10.5. The van der Waals surface area contributed by atoms with Gasteiger partial charge < -0.3 is 30.1 Å². The van der Waals surface area contributed by atoms with Gasteiger partial charge in [-0.1, -0.05) is 35.9 Å². The lowest BCUT2D eigenvalue weighted by atomic mass is 9.90. The lowest BCUT2D eigenvalue weighted by molar-refractivity contribution is -0.231. The highest BCUT2D eigenvalue weighted by molar-refractivity contribution is 6.31. The molecule has 4 N–H and O–H groups in total. The number of hydrogen-bond donors (Lipinski definition) is 4. The number of halogens is 1. The van der Waals surface area contributed by atoms with Crippen molar-refractivity contribution in [1.82, 2.24) is 0 Å². The zero-order valence-electron chi connectivity index (χ0n) is 16.2. The summed E-state index contributed by atoms with van der Waals surface area (Å²) in [5.74, 6) is 0.631. The molecule has 0 radical (unpaired) electrons. The number of ether oxygens (including phenoxy) is 1. The average molecular weight is 437 g/mol. The fraction of sp³-hybridized carbons (Fsp3) is 0.455. The van der Waals surface area contributed by atoms with Crippen LogP contribution in [0.4, 0.5) is 0 Å². The van der Waals surface area contributed by atoms with Crippen LogP contribution >= 0.6 is 11.6 Å². The van der Waals surface area contributed by atoms with E-state index in [0.717, 1.165) is 24.0 Å². The van der Waals surface area contributed by atoms with E-state index in [0.29, 0.717) is 22.8 Å². The fourth-order valence-corrected chi connectivity index (χ4v) is 3.64. The van der Waals surface area contributed by atoms with E-state index in [4.69, 9.17) is 26.1 Å². The van der Waals surface area contributed by atoms with Gasteiger partial charge in [-0.25, -0.2) is 0 Å². The Morgan fingerprint density at radius 1 is 0.967 bits per heavy atom. The summed E-state index contributed by atoms with van der Waals surface area (Å²) in [5, 5.41) is 40.4. The third kappa shape index (κ3) is 4.78. The van der Waals surface area contributed by atoms with E-state index < -0.39 is 37.1 Å². The fourth-order valence-electron chi connectivity index (χ4n) is 3.45. The molecule has 1 aliphatic heterocycles. The van der Waals surface area contributed by atoms with Gasteiger partial charge in [0.05, 0.1) is 6.61 Å². The van der Waals surface area contributed by atoms with Crippen LogP contribution in [0.3, 0.4) is 0 Å². The quantitative estimate of drug-likeness (QED) is 0.388. The maximum Gasteiger partial charge on any atom is 0.165 e. The van der Waals surface area contributed by atoms with Gasteiger partial charge in [-0.2, -0.15) is 4.89 Å². The molecule has 2 fully saturated rings. The van der Waals surface area contributed by atoms with Gasteiger partial charge in [-0.05, 0) is 54.2 Å². The lowest BCUT2D eigenvalue weighted by Gasteiger charge is -2.40. The van der Waals surface area contributed by atoms with Crippen LogP contribution in [0.5, 0.6) is 5.75 Å². The Morgan fingerprint density at radius 2 is 1.70 bits per heavy atom. The summed E-state index contributed by atoms with van der Waals surface area (Å²) in [6.45, 7) is -0.471. The molecule has 30 heavy (non-hydrogen) atoms. The summed E-state index contributed by atoms with van der Waals surface area (Å²) >= 11 is 6.37. The van der Waals surface area contributed by atoms with Crippen LogP contribution in [-0.2, 0) is 16.0 Å². The van der Waals surface area contributed by atoms with Crippen LogP contribution in [-0.4, -0.2) is 57.6 Å². The van der Waals surface area contributed by atoms with Crippen LogP contribution in [0.1, 0.15) is 35.6 Å². The first-order chi connectivity index (χ1) is 14.5. The Labute approximate surface area is 179 Å². The van der Waals surface area contributed by atoms with Crippen LogP contribution in [0, 0.1) is 0 Å². The summed E-state index contributed by atoms with van der Waals surface area (Å²) in [6.07, 6.45) is -3.21. The van der Waals surface area contributed by atoms with Crippen molar-refractivity contribution in [3.63, 3.8) is 0 Å². The van der Waals surface area contributed by atoms with E-state index in [1.807, 2.05) is 24.3 Å². The molecule has 1 heterocycles. The van der Waals surface area contributed by atoms with Crippen molar-refractivity contribution < 1.29 is 34.9 Å². The van der Waals surface area contributed by atoms with Gasteiger partial charge in [0, 0.05) is 5.02 Å². The largest absolute Gasteiger partial charge is 0.394 e. The van der Waals surface area contributed by atoms with Crippen LogP contribution < -0.4 is 4.89 Å². The molecule has 0 amide bonds. The first-order valence-corrected chi connectivity index (χ1v) is 10.3. The molecular formula is C22H25ClO7. The molecule has 2 aliphatic rings. The number of aliphatic hydroxyl groups excluding tert-OH is 4. The van der Waals surface area contributed by atoms with Crippen LogP contribution in [0.2, 0.25) is 5.02 Å². The molecule has 0 aromatic heterocycles. The van der Waals surface area contributed by atoms with E-state index in [2.05, 4.69) is 0 Å². The monoisotopic (exact) mass is 436 g/mol. The molecule has 162 valence electrons. The van der Waals surface area contributed by atoms with Crippen molar-refractivity contribution in [2.75, 3.05) is 6.61 Å². The Hall–Kier alpha value is -1.71. The molecule has 1 saturated heterocycles. The SMILES string of the molecule is OC[C@H]1O[C@@H](c2ccc(Cl)c(Cc3ccc(OOC4CC4)cc3)c2)[C@H](O)[C@@H](O)[C@@H]1O. The summed E-state index contributed by atoms with van der Waals surface area (Å²) in [6, 6.07) is 12.7. The number of rotatable bonds is 7. The minimum absolute atomic E-state index is 0.202. The minimum atomic E-state index is -1.43. The molecule has 8 heteroatoms. The molecule has 0 spiro atoms. The molecule has 0 bridgehead atoms. The van der Waals surface area contributed by atoms with Crippen molar-refractivity contribution >= 4 is 11.6 Å². The number of hydrogen-bond acceptors (Lipinski definition) is 7. The van der Waals surface area contributed by atoms with Gasteiger partial charge in [0.2, 0.25) is 0 Å². The Morgan fingerprint density at radius 3 is 2.37 bits per heavy atom. The smallest absolute Gasteiger partial charge is 0.165 e. The highest BCUT2D eigenvalue weighted by atomic mass is 35.5. The molecule has 7 nitrogen and oxygen atoms in total. The Balaban J connectivity index is 1.48. The standard InChI is InChI=1S/C22H25ClO7/c23-17-8-3-13(22-21(27)20(26)19(25)18(11-24)28-22)10-14(17)9-12-1-4-15(5-2-12)29-30-16-6-7-16/h1-5,8,10,16,18-22,24-27H,6-7,9,11H2/t18-,19-,20+,21-,22+/m1/s1. The van der Waals surface area contributed by atoms with Crippen molar-refractivity contribution in [2.45, 2.75) is 55.9 Å². The minimum Gasteiger partial charge on any atom is -0.394 e. The van der Waals surface area contributed by atoms with Gasteiger partial charge in [-0.15, -0.1) is 0 Å². The maximum atomic E-state index is 10.4. The highest BCUT2D eigenvalue weighted by Crippen LogP contribution is 2.34. The van der Waals surface area contributed by atoms with Crippen LogP contribution in [0.25, 0.3) is 0 Å². The second-order valence-electron chi connectivity index (χ2n) is 7.80. The average Bonchev–Trinajstić information content (AvgIpc) is 3.58. The van der Waals surface area contributed by atoms with Crippen molar-refractivity contribution in [2.24, 2.45) is 0 Å². The van der Waals surface area contributed by atoms with Crippen molar-refractivity contribution in [3.05, 3.63) is 64.2 Å². The van der Waals surface area contributed by atoms with Crippen LogP contribution in [0.15, 0.2) is 42.5 Å². The Kier molecular flexibility index (Phi) is 6.60. The molecular weight excluding hydrogens is 412 g/mol. The molecule has 0 unspecified atom stereocenters. The normalized spacial score (nSPS) is 29.0. The highest BCUT2D eigenvalue weighted by Gasteiger charge is 2.44. The van der Waals surface area contributed by atoms with Crippen molar-refractivity contribution in [3.8, 4) is 5.75 Å². The summed E-state index contributed by atoms with van der Waals surface area (Å²) < 4.78 is 5.65. The van der Waals surface area contributed by atoms with Gasteiger partial charge in [0.25, 0.3) is 0 Å². The van der Waals surface area contributed by atoms with Gasteiger partial charge in [0.1, 0.15) is 36.6 Å². The topological polar surface area (TPSA) is 109 Å². The van der Waals surface area contributed by atoms with E-state index >= 15 is 0 Å². The summed E-state index contributed by atoms with van der Waals surface area (Å²) in [5.41, 5.74) is 2.42. The second-order valence-corrected chi connectivity index (χ2v) is 8.21. The molecule has 2 aromatic rings. The second kappa shape index (κ2) is 9.20. The van der Waals surface area contributed by atoms with Gasteiger partial charge in [0.15, 0.2) is 5.75 Å². The lowest BCUT2D eigenvalue weighted by Crippen LogP contribution is -2.55. The zero-order chi connectivity index (χ0) is 21.3. The van der Waals surface area contributed by atoms with Crippen molar-refractivity contribution in [1.29, 1.82) is 0 Å². The van der Waals surface area contributed by atoms with Gasteiger partial charge in [-0.3, -0.25) is 0 Å². The number of benzene rings is 2. The first-order valence-electron chi connectivity index (χ1n) is 9.97. The maximum absolute atomic E-state index is 10.4. The first kappa shape index (κ1) is 21.5. The number of aliphatic hydroxyl groups is 4. The summed E-state index contributed by atoms with van der Waals surface area (Å²) in [7, 11) is 0.